The molecule has 5 aromatic heterocycles. The fourth-order valence-corrected chi connectivity index (χ4v) is 2.73. The van der Waals surface area contributed by atoms with Gasteiger partial charge in [0.05, 0.1) is 11.7 Å². The maximum atomic E-state index is 4.74. The highest BCUT2D eigenvalue weighted by Crippen LogP contribution is 2.22. The highest BCUT2D eigenvalue weighted by atomic mass is 15.3. The summed E-state index contributed by atoms with van der Waals surface area (Å²) in [5.41, 5.74) is 3.38. The fourth-order valence-electron chi connectivity index (χ4n) is 2.73. The summed E-state index contributed by atoms with van der Waals surface area (Å²) >= 11 is 0. The van der Waals surface area contributed by atoms with E-state index in [9.17, 15) is 0 Å². The molecule has 5 aromatic rings. The molecule has 7 nitrogen and oxygen atoms in total. The molecule has 24 heavy (non-hydrogen) atoms. The first kappa shape index (κ1) is 12.9. The van der Waals surface area contributed by atoms with Gasteiger partial charge < -0.3 is 0 Å². The van der Waals surface area contributed by atoms with Crippen LogP contribution >= 0.6 is 0 Å². The van der Waals surface area contributed by atoms with Crippen LogP contribution in [0.4, 0.5) is 0 Å². The molecule has 0 unspecified atom stereocenters. The van der Waals surface area contributed by atoms with Crippen molar-refractivity contribution in [1.29, 1.82) is 0 Å². The van der Waals surface area contributed by atoms with Crippen LogP contribution in [0.2, 0.25) is 0 Å². The minimum atomic E-state index is 0.560. The second kappa shape index (κ2) is 4.95. The molecule has 0 saturated heterocycles. The summed E-state index contributed by atoms with van der Waals surface area (Å²) in [4.78, 5) is 17.6. The summed E-state index contributed by atoms with van der Waals surface area (Å²) in [5, 5.41) is 4.55. The molecule has 5 heterocycles. The van der Waals surface area contributed by atoms with Gasteiger partial charge in [-0.2, -0.15) is 0 Å². The van der Waals surface area contributed by atoms with Gasteiger partial charge in [0.1, 0.15) is 23.1 Å². The van der Waals surface area contributed by atoms with E-state index in [-0.39, 0.29) is 0 Å². The number of imidazole rings is 1. The Balaban J connectivity index is 1.83. The summed E-state index contributed by atoms with van der Waals surface area (Å²) < 4.78 is 3.75. The lowest BCUT2D eigenvalue weighted by Gasteiger charge is -2.08. The van der Waals surface area contributed by atoms with Crippen LogP contribution < -0.4 is 0 Å². The lowest BCUT2D eigenvalue weighted by atomic mass is 10.3. The minimum Gasteiger partial charge on any atom is -0.281 e. The molecule has 0 aromatic carbocycles. The number of nitrogens with zero attached hydrogens (tertiary/aromatic N) is 7. The topological polar surface area (TPSA) is 73.8 Å². The molecule has 0 spiro atoms. The van der Waals surface area contributed by atoms with E-state index in [1.807, 2.05) is 47.2 Å². The first-order chi connectivity index (χ1) is 11.9. The van der Waals surface area contributed by atoms with E-state index in [4.69, 9.17) is 4.98 Å². The zero-order valence-corrected chi connectivity index (χ0v) is 12.5. The Morgan fingerprint density at radius 3 is 2.79 bits per heavy atom. The van der Waals surface area contributed by atoms with Crippen molar-refractivity contribution in [3.05, 3.63) is 67.5 Å². The van der Waals surface area contributed by atoms with Gasteiger partial charge in [0, 0.05) is 18.6 Å². The summed E-state index contributed by atoms with van der Waals surface area (Å²) in [6.45, 7) is 0. The Morgan fingerprint density at radius 1 is 0.875 bits per heavy atom. The fraction of sp³-hybridized carbons (Fsp3) is 0. The average Bonchev–Trinajstić information content (AvgIpc) is 3.28. The smallest absolute Gasteiger partial charge is 0.200 e. The van der Waals surface area contributed by atoms with Crippen molar-refractivity contribution in [3.63, 3.8) is 0 Å². The highest BCUT2D eigenvalue weighted by Gasteiger charge is 2.14. The molecule has 0 aliphatic carbocycles. The van der Waals surface area contributed by atoms with Gasteiger partial charge in [-0.05, 0) is 30.3 Å². The van der Waals surface area contributed by atoms with E-state index in [0.29, 0.717) is 5.82 Å². The van der Waals surface area contributed by atoms with Crippen LogP contribution in [0.25, 0.3) is 33.9 Å². The summed E-state index contributed by atoms with van der Waals surface area (Å²) in [7, 11) is 0. The van der Waals surface area contributed by atoms with Gasteiger partial charge >= 0.3 is 0 Å². The van der Waals surface area contributed by atoms with E-state index in [1.165, 1.54) is 0 Å². The molecular formula is C17H11N7. The zero-order chi connectivity index (χ0) is 15.9. The van der Waals surface area contributed by atoms with Gasteiger partial charge in [0.15, 0.2) is 5.82 Å². The van der Waals surface area contributed by atoms with Crippen molar-refractivity contribution in [2.24, 2.45) is 0 Å². The van der Waals surface area contributed by atoms with Crippen LogP contribution in [0, 0.1) is 0 Å². The average molecular weight is 313 g/mol. The third kappa shape index (κ3) is 1.88. The standard InChI is InChI=1S/C17H11N7/c1-2-7-19-12(4-1)16-21-17(15-5-3-9-24(15)22-16)23-11-20-13-10-18-8-6-14(13)23/h1-11H. The van der Waals surface area contributed by atoms with Gasteiger partial charge in [-0.1, -0.05) is 6.07 Å². The molecule has 0 saturated carbocycles. The van der Waals surface area contributed by atoms with Gasteiger partial charge in [-0.25, -0.2) is 14.5 Å². The minimum absolute atomic E-state index is 0.560. The van der Waals surface area contributed by atoms with Crippen LogP contribution in [0.15, 0.2) is 67.5 Å². The van der Waals surface area contributed by atoms with Crippen molar-refractivity contribution >= 4 is 16.6 Å². The lowest BCUT2D eigenvalue weighted by molar-refractivity contribution is 0.878. The molecule has 5 rings (SSSR count). The molecule has 0 atom stereocenters. The molecule has 7 heteroatoms. The Morgan fingerprint density at radius 2 is 1.88 bits per heavy atom. The first-order valence-electron chi connectivity index (χ1n) is 7.44. The second-order valence-electron chi connectivity index (χ2n) is 5.29. The lowest BCUT2D eigenvalue weighted by Crippen LogP contribution is -2.05. The number of rotatable bonds is 2. The van der Waals surface area contributed by atoms with E-state index in [1.54, 1.807) is 29.4 Å². The molecule has 0 amide bonds. The largest absolute Gasteiger partial charge is 0.281 e. The molecule has 0 radical (unpaired) electrons. The Kier molecular flexibility index (Phi) is 2.66. The SMILES string of the molecule is c1ccc(-c2nc(-n3cnc4cnccc43)c3cccn3n2)nc1. The summed E-state index contributed by atoms with van der Waals surface area (Å²) in [6.07, 6.45) is 8.87. The van der Waals surface area contributed by atoms with Crippen molar-refractivity contribution < 1.29 is 0 Å². The van der Waals surface area contributed by atoms with E-state index in [0.717, 1.165) is 28.1 Å². The van der Waals surface area contributed by atoms with Crippen molar-refractivity contribution in [2.75, 3.05) is 0 Å². The maximum absolute atomic E-state index is 4.74. The molecule has 0 fully saturated rings. The van der Waals surface area contributed by atoms with Crippen molar-refractivity contribution in [1.82, 2.24) is 34.1 Å². The number of hydrogen-bond acceptors (Lipinski definition) is 5. The molecule has 0 bridgehead atoms. The van der Waals surface area contributed by atoms with Crippen LogP contribution in [-0.4, -0.2) is 34.1 Å². The van der Waals surface area contributed by atoms with E-state index < -0.39 is 0 Å². The van der Waals surface area contributed by atoms with Gasteiger partial charge in [0.2, 0.25) is 5.82 Å². The van der Waals surface area contributed by atoms with Gasteiger partial charge in [-0.3, -0.25) is 14.5 Å². The third-order valence-electron chi connectivity index (χ3n) is 3.84. The van der Waals surface area contributed by atoms with Crippen molar-refractivity contribution in [2.45, 2.75) is 0 Å². The quantitative estimate of drug-likeness (QED) is 0.500. The predicted octanol–water partition coefficient (Wildman–Crippen LogP) is 2.53. The van der Waals surface area contributed by atoms with E-state index in [2.05, 4.69) is 20.1 Å². The summed E-state index contributed by atoms with van der Waals surface area (Å²) in [5.74, 6) is 1.31. The molecule has 114 valence electrons. The first-order valence-corrected chi connectivity index (χ1v) is 7.44. The van der Waals surface area contributed by atoms with Gasteiger partial charge in [-0.15, -0.1) is 5.10 Å². The van der Waals surface area contributed by atoms with Crippen LogP contribution in [0.5, 0.6) is 0 Å². The highest BCUT2D eigenvalue weighted by molar-refractivity contribution is 5.78. The Labute approximate surface area is 136 Å². The Hall–Kier alpha value is -3.61. The third-order valence-corrected chi connectivity index (χ3v) is 3.84. The normalized spacial score (nSPS) is 11.3. The number of fused-ring (bicyclic) bond motifs is 2. The van der Waals surface area contributed by atoms with Crippen molar-refractivity contribution in [3.8, 4) is 17.3 Å². The molecule has 0 N–H and O–H groups in total. The Bertz CT molecular complexity index is 1160. The van der Waals surface area contributed by atoms with Crippen LogP contribution in [0.3, 0.4) is 0 Å². The summed E-state index contributed by atoms with van der Waals surface area (Å²) in [6, 6.07) is 11.5. The van der Waals surface area contributed by atoms with E-state index >= 15 is 0 Å². The van der Waals surface area contributed by atoms with Gasteiger partial charge in [0.25, 0.3) is 0 Å². The number of aromatic nitrogens is 7. The number of hydrogen-bond donors (Lipinski definition) is 0. The molecule has 0 aliphatic rings. The molecule has 0 aliphatic heterocycles. The maximum Gasteiger partial charge on any atom is 0.200 e. The van der Waals surface area contributed by atoms with Crippen LogP contribution in [0.1, 0.15) is 0 Å². The number of pyridine rings is 2. The zero-order valence-electron chi connectivity index (χ0n) is 12.5. The molecular weight excluding hydrogens is 302 g/mol. The predicted molar refractivity (Wildman–Crippen MR) is 88.6 cm³/mol. The second-order valence-corrected chi connectivity index (χ2v) is 5.29. The monoisotopic (exact) mass is 313 g/mol. The van der Waals surface area contributed by atoms with Crippen LogP contribution in [-0.2, 0) is 0 Å².